The summed E-state index contributed by atoms with van der Waals surface area (Å²) in [5, 5.41) is 13.7. The van der Waals surface area contributed by atoms with Crippen molar-refractivity contribution < 1.29 is 14.6 Å². The molecule has 7 heteroatoms. The molecule has 3 rings (SSSR count). The lowest BCUT2D eigenvalue weighted by Gasteiger charge is -2.29. The van der Waals surface area contributed by atoms with E-state index in [1.807, 2.05) is 0 Å². The van der Waals surface area contributed by atoms with Crippen molar-refractivity contribution in [1.29, 1.82) is 0 Å². The number of hydrogen-bond acceptors (Lipinski definition) is 6. The average Bonchev–Trinajstić information content (AvgIpc) is 2.92. The highest BCUT2D eigenvalue weighted by Gasteiger charge is 2.53. The SMILES string of the molecule is CCOC(=O)c1cnc(Cl)nc1NC12CCC(O)(CC1)C2. The molecule has 1 aromatic heterocycles. The molecular weight excluding hydrogens is 294 g/mol. The molecule has 2 aliphatic carbocycles. The number of aromatic nitrogens is 2. The van der Waals surface area contributed by atoms with Crippen LogP contribution in [0.5, 0.6) is 0 Å². The van der Waals surface area contributed by atoms with Crippen molar-refractivity contribution in [2.75, 3.05) is 11.9 Å². The Hall–Kier alpha value is -1.40. The van der Waals surface area contributed by atoms with Crippen molar-refractivity contribution in [3.8, 4) is 0 Å². The highest BCUT2D eigenvalue weighted by molar-refractivity contribution is 6.28. The van der Waals surface area contributed by atoms with Crippen molar-refractivity contribution in [3.63, 3.8) is 0 Å². The number of esters is 1. The van der Waals surface area contributed by atoms with Crippen LogP contribution in [0.4, 0.5) is 5.82 Å². The van der Waals surface area contributed by atoms with E-state index in [0.717, 1.165) is 25.7 Å². The monoisotopic (exact) mass is 311 g/mol. The van der Waals surface area contributed by atoms with Gasteiger partial charge in [0.25, 0.3) is 0 Å². The van der Waals surface area contributed by atoms with Gasteiger partial charge in [-0.05, 0) is 50.6 Å². The molecule has 2 bridgehead atoms. The number of hydrogen-bond donors (Lipinski definition) is 2. The maximum Gasteiger partial charge on any atom is 0.343 e. The van der Waals surface area contributed by atoms with E-state index in [9.17, 15) is 9.90 Å². The van der Waals surface area contributed by atoms with Gasteiger partial charge in [0, 0.05) is 11.7 Å². The molecule has 0 atom stereocenters. The zero-order valence-electron chi connectivity index (χ0n) is 11.9. The van der Waals surface area contributed by atoms with E-state index in [-0.39, 0.29) is 23.0 Å². The third-order valence-electron chi connectivity index (χ3n) is 4.44. The summed E-state index contributed by atoms with van der Waals surface area (Å²) in [5.41, 5.74) is -0.514. The summed E-state index contributed by atoms with van der Waals surface area (Å²) in [7, 11) is 0. The number of fused-ring (bicyclic) bond motifs is 2. The Morgan fingerprint density at radius 2 is 2.19 bits per heavy atom. The van der Waals surface area contributed by atoms with Crippen molar-refractivity contribution >= 4 is 23.4 Å². The van der Waals surface area contributed by atoms with Gasteiger partial charge < -0.3 is 15.2 Å². The third kappa shape index (κ3) is 2.70. The highest BCUT2D eigenvalue weighted by Crippen LogP contribution is 2.52. The summed E-state index contributed by atoms with van der Waals surface area (Å²) in [6.45, 7) is 2.03. The van der Waals surface area contributed by atoms with Gasteiger partial charge in [-0.1, -0.05) is 0 Å². The van der Waals surface area contributed by atoms with Crippen molar-refractivity contribution in [2.45, 2.75) is 50.2 Å². The Labute approximate surface area is 127 Å². The molecular formula is C14H18ClN3O3. The highest BCUT2D eigenvalue weighted by atomic mass is 35.5. The molecule has 0 amide bonds. The topological polar surface area (TPSA) is 84.3 Å². The molecule has 0 radical (unpaired) electrons. The molecule has 21 heavy (non-hydrogen) atoms. The first-order valence-corrected chi connectivity index (χ1v) is 7.53. The standard InChI is InChI=1S/C14H18ClN3O3/c1-2-21-11(19)9-7-16-12(15)17-10(9)18-13-3-5-14(20,8-13)6-4-13/h7,20H,2-6,8H2,1H3,(H,16,17,18). The number of carbonyl (C=O) groups excluding carboxylic acids is 1. The Morgan fingerprint density at radius 1 is 1.48 bits per heavy atom. The minimum atomic E-state index is -0.575. The van der Waals surface area contributed by atoms with Crippen molar-refractivity contribution in [1.82, 2.24) is 9.97 Å². The predicted molar refractivity (Wildman–Crippen MR) is 77.4 cm³/mol. The van der Waals surface area contributed by atoms with Crippen LogP contribution in [0.25, 0.3) is 0 Å². The predicted octanol–water partition coefficient (Wildman–Crippen LogP) is 2.17. The molecule has 1 aromatic rings. The number of ether oxygens (including phenoxy) is 1. The second-order valence-corrected chi connectivity index (χ2v) is 6.27. The Balaban J connectivity index is 1.88. The van der Waals surface area contributed by atoms with Gasteiger partial charge in [0.1, 0.15) is 11.4 Å². The minimum Gasteiger partial charge on any atom is -0.462 e. The van der Waals surface area contributed by atoms with E-state index < -0.39 is 11.6 Å². The van der Waals surface area contributed by atoms with Gasteiger partial charge in [0.05, 0.1) is 12.2 Å². The van der Waals surface area contributed by atoms with Crippen LogP contribution in [0.1, 0.15) is 49.4 Å². The van der Waals surface area contributed by atoms with E-state index in [4.69, 9.17) is 16.3 Å². The van der Waals surface area contributed by atoms with Crippen molar-refractivity contribution in [3.05, 3.63) is 17.0 Å². The lowest BCUT2D eigenvalue weighted by atomic mass is 9.92. The van der Waals surface area contributed by atoms with E-state index in [2.05, 4.69) is 15.3 Å². The van der Waals surface area contributed by atoms with Crippen LogP contribution in [0.15, 0.2) is 6.20 Å². The number of rotatable bonds is 4. The summed E-state index contributed by atoms with van der Waals surface area (Å²) in [5.74, 6) is -0.0843. The zero-order chi connectivity index (χ0) is 15.1. The third-order valence-corrected chi connectivity index (χ3v) is 4.63. The van der Waals surface area contributed by atoms with E-state index >= 15 is 0 Å². The molecule has 0 aliphatic heterocycles. The number of carbonyl (C=O) groups is 1. The second kappa shape index (κ2) is 5.10. The molecule has 1 heterocycles. The number of nitrogens with one attached hydrogen (secondary N) is 1. The summed E-state index contributed by atoms with van der Waals surface area (Å²) in [6.07, 6.45) is 5.30. The zero-order valence-corrected chi connectivity index (χ0v) is 12.6. The Morgan fingerprint density at radius 3 is 2.76 bits per heavy atom. The van der Waals surface area contributed by atoms with Crippen LogP contribution in [0.3, 0.4) is 0 Å². The molecule has 2 aliphatic rings. The number of halogens is 1. The smallest absolute Gasteiger partial charge is 0.343 e. The molecule has 114 valence electrons. The maximum absolute atomic E-state index is 12.0. The van der Waals surface area contributed by atoms with Gasteiger partial charge in [-0.2, -0.15) is 4.98 Å². The average molecular weight is 312 g/mol. The number of aliphatic hydroxyl groups is 1. The molecule has 0 spiro atoms. The quantitative estimate of drug-likeness (QED) is 0.655. The van der Waals surface area contributed by atoms with Crippen LogP contribution < -0.4 is 5.32 Å². The number of anilines is 1. The van der Waals surface area contributed by atoms with Gasteiger partial charge in [0.2, 0.25) is 5.28 Å². The first-order valence-electron chi connectivity index (χ1n) is 7.16. The summed E-state index contributed by atoms with van der Waals surface area (Å²) in [4.78, 5) is 20.0. The first-order chi connectivity index (χ1) is 9.95. The lowest BCUT2D eigenvalue weighted by Crippen LogP contribution is -2.34. The van der Waals surface area contributed by atoms with Crippen LogP contribution in [0.2, 0.25) is 5.28 Å². The molecule has 0 saturated heterocycles. The summed E-state index contributed by atoms with van der Waals surface area (Å²) >= 11 is 5.85. The van der Waals surface area contributed by atoms with Gasteiger partial charge in [0.15, 0.2) is 0 Å². The van der Waals surface area contributed by atoms with Crippen LogP contribution in [-0.4, -0.2) is 38.8 Å². The van der Waals surface area contributed by atoms with Crippen LogP contribution in [0, 0.1) is 0 Å². The van der Waals surface area contributed by atoms with Gasteiger partial charge >= 0.3 is 5.97 Å². The molecule has 2 saturated carbocycles. The minimum absolute atomic E-state index is 0.0770. The second-order valence-electron chi connectivity index (χ2n) is 5.93. The fraction of sp³-hybridized carbons (Fsp3) is 0.643. The van der Waals surface area contributed by atoms with E-state index in [1.165, 1.54) is 6.20 Å². The largest absolute Gasteiger partial charge is 0.462 e. The van der Waals surface area contributed by atoms with Crippen LogP contribution in [-0.2, 0) is 4.74 Å². The summed E-state index contributed by atoms with van der Waals surface area (Å²) < 4.78 is 5.02. The van der Waals surface area contributed by atoms with Gasteiger partial charge in [-0.3, -0.25) is 0 Å². The maximum atomic E-state index is 12.0. The number of nitrogens with zero attached hydrogens (tertiary/aromatic N) is 2. The molecule has 0 aromatic carbocycles. The normalized spacial score (nSPS) is 30.4. The fourth-order valence-corrected chi connectivity index (χ4v) is 3.54. The van der Waals surface area contributed by atoms with Crippen molar-refractivity contribution in [2.24, 2.45) is 0 Å². The molecule has 2 fully saturated rings. The molecule has 6 nitrogen and oxygen atoms in total. The lowest BCUT2D eigenvalue weighted by molar-refractivity contribution is 0.0516. The van der Waals surface area contributed by atoms with E-state index in [1.54, 1.807) is 6.92 Å². The van der Waals surface area contributed by atoms with Gasteiger partial charge in [-0.25, -0.2) is 9.78 Å². The Kier molecular flexibility index (Phi) is 3.53. The summed E-state index contributed by atoms with van der Waals surface area (Å²) in [6, 6.07) is 0. The van der Waals surface area contributed by atoms with E-state index in [0.29, 0.717) is 12.2 Å². The molecule has 2 N–H and O–H groups in total. The molecule has 0 unspecified atom stereocenters. The van der Waals surface area contributed by atoms with Gasteiger partial charge in [-0.15, -0.1) is 0 Å². The first kappa shape index (κ1) is 14.5. The fourth-order valence-electron chi connectivity index (χ4n) is 3.41. The Bertz CT molecular complexity index is 571. The van der Waals surface area contributed by atoms with Crippen LogP contribution >= 0.6 is 11.6 Å².